The van der Waals surface area contributed by atoms with Crippen molar-refractivity contribution in [2.24, 2.45) is 5.73 Å². The Morgan fingerprint density at radius 1 is 1.40 bits per heavy atom. The standard InChI is InChI=1S/C13H24N2/c1-4-5-6-9-12(14)13(15(2)3)10-7-8-11-13/h1,12H,5-11,14H2,2-3H3. The SMILES string of the molecule is C#CCCCC(N)C1(N(C)C)CCCC1. The molecule has 1 rings (SSSR count). The van der Waals surface area contributed by atoms with Gasteiger partial charge >= 0.3 is 0 Å². The van der Waals surface area contributed by atoms with Crippen molar-refractivity contribution in [3.8, 4) is 12.3 Å². The van der Waals surface area contributed by atoms with Crippen LogP contribution in [0.1, 0.15) is 44.9 Å². The van der Waals surface area contributed by atoms with E-state index in [1.165, 1.54) is 25.7 Å². The molecule has 0 heterocycles. The monoisotopic (exact) mass is 208 g/mol. The smallest absolute Gasteiger partial charge is 0.0354 e. The molecule has 2 nitrogen and oxygen atoms in total. The molecule has 0 aromatic rings. The molecule has 86 valence electrons. The first-order chi connectivity index (χ1) is 7.13. The molecule has 1 fully saturated rings. The number of terminal acetylenes is 1. The van der Waals surface area contributed by atoms with E-state index in [4.69, 9.17) is 12.2 Å². The third-order valence-electron chi connectivity index (χ3n) is 3.89. The van der Waals surface area contributed by atoms with Crippen molar-refractivity contribution in [1.82, 2.24) is 4.90 Å². The molecule has 1 aliphatic carbocycles. The normalized spacial score (nSPS) is 21.5. The molecule has 0 aliphatic heterocycles. The number of rotatable bonds is 5. The Kier molecular flexibility index (Phi) is 4.63. The van der Waals surface area contributed by atoms with E-state index in [2.05, 4.69) is 24.9 Å². The number of nitrogens with zero attached hydrogens (tertiary/aromatic N) is 1. The van der Waals surface area contributed by atoms with Gasteiger partial charge in [0, 0.05) is 18.0 Å². The molecule has 15 heavy (non-hydrogen) atoms. The van der Waals surface area contributed by atoms with Crippen LogP contribution < -0.4 is 5.73 Å². The summed E-state index contributed by atoms with van der Waals surface area (Å²) >= 11 is 0. The molecular formula is C13H24N2. The predicted octanol–water partition coefficient (Wildman–Crippen LogP) is 1.99. The molecule has 0 saturated heterocycles. The van der Waals surface area contributed by atoms with E-state index in [1.807, 2.05) is 0 Å². The van der Waals surface area contributed by atoms with Crippen LogP contribution in [-0.2, 0) is 0 Å². The van der Waals surface area contributed by atoms with Crippen LogP contribution >= 0.6 is 0 Å². The molecule has 2 heteroatoms. The molecule has 0 bridgehead atoms. The largest absolute Gasteiger partial charge is 0.326 e. The van der Waals surface area contributed by atoms with Crippen LogP contribution in [0.25, 0.3) is 0 Å². The van der Waals surface area contributed by atoms with Gasteiger partial charge in [0.2, 0.25) is 0 Å². The van der Waals surface area contributed by atoms with Crippen LogP contribution in [0.5, 0.6) is 0 Å². The van der Waals surface area contributed by atoms with Gasteiger partial charge in [0.25, 0.3) is 0 Å². The van der Waals surface area contributed by atoms with Gasteiger partial charge in [-0.15, -0.1) is 12.3 Å². The molecule has 0 spiro atoms. The summed E-state index contributed by atoms with van der Waals surface area (Å²) in [6.45, 7) is 0. The highest BCUT2D eigenvalue weighted by atomic mass is 15.2. The van der Waals surface area contributed by atoms with Crippen molar-refractivity contribution >= 4 is 0 Å². The predicted molar refractivity (Wildman–Crippen MR) is 65.5 cm³/mol. The summed E-state index contributed by atoms with van der Waals surface area (Å²) < 4.78 is 0. The van der Waals surface area contributed by atoms with Gasteiger partial charge in [-0.05, 0) is 39.8 Å². The molecule has 1 aliphatic rings. The number of hydrogen-bond donors (Lipinski definition) is 1. The first-order valence-electron chi connectivity index (χ1n) is 6.00. The van der Waals surface area contributed by atoms with Gasteiger partial charge in [-0.1, -0.05) is 12.8 Å². The van der Waals surface area contributed by atoms with E-state index < -0.39 is 0 Å². The van der Waals surface area contributed by atoms with E-state index in [-0.39, 0.29) is 11.6 Å². The highest BCUT2D eigenvalue weighted by Crippen LogP contribution is 2.37. The maximum atomic E-state index is 6.35. The highest BCUT2D eigenvalue weighted by Gasteiger charge is 2.40. The minimum absolute atomic E-state index is 0.245. The summed E-state index contributed by atoms with van der Waals surface area (Å²) in [7, 11) is 4.32. The second-order valence-electron chi connectivity index (χ2n) is 4.91. The van der Waals surface area contributed by atoms with Crippen LogP contribution in [0, 0.1) is 12.3 Å². The zero-order valence-electron chi connectivity index (χ0n) is 10.1. The lowest BCUT2D eigenvalue weighted by atomic mass is 9.84. The van der Waals surface area contributed by atoms with Crippen LogP contribution in [-0.4, -0.2) is 30.6 Å². The summed E-state index contributed by atoms with van der Waals surface area (Å²) in [6, 6.07) is 0.281. The summed E-state index contributed by atoms with van der Waals surface area (Å²) in [5.41, 5.74) is 6.59. The quantitative estimate of drug-likeness (QED) is 0.553. The highest BCUT2D eigenvalue weighted by molar-refractivity contribution is 5.00. The van der Waals surface area contributed by atoms with Gasteiger partial charge in [-0.3, -0.25) is 0 Å². The third-order valence-corrected chi connectivity index (χ3v) is 3.89. The second-order valence-corrected chi connectivity index (χ2v) is 4.91. The molecule has 0 amide bonds. The Labute approximate surface area is 94.2 Å². The van der Waals surface area contributed by atoms with Crippen molar-refractivity contribution in [3.63, 3.8) is 0 Å². The average Bonchev–Trinajstić information content (AvgIpc) is 2.67. The Morgan fingerprint density at radius 3 is 2.47 bits per heavy atom. The lowest BCUT2D eigenvalue weighted by Crippen LogP contribution is -2.55. The van der Waals surface area contributed by atoms with Crippen molar-refractivity contribution in [1.29, 1.82) is 0 Å². The first kappa shape index (κ1) is 12.5. The fourth-order valence-electron chi connectivity index (χ4n) is 2.83. The van der Waals surface area contributed by atoms with Crippen molar-refractivity contribution in [3.05, 3.63) is 0 Å². The Bertz CT molecular complexity index is 221. The number of hydrogen-bond acceptors (Lipinski definition) is 2. The van der Waals surface area contributed by atoms with Gasteiger partial charge in [-0.25, -0.2) is 0 Å². The van der Waals surface area contributed by atoms with Crippen molar-refractivity contribution in [2.45, 2.75) is 56.5 Å². The van der Waals surface area contributed by atoms with Gasteiger partial charge in [-0.2, -0.15) is 0 Å². The molecular weight excluding hydrogens is 184 g/mol. The fourth-order valence-corrected chi connectivity index (χ4v) is 2.83. The van der Waals surface area contributed by atoms with Gasteiger partial charge in [0.15, 0.2) is 0 Å². The van der Waals surface area contributed by atoms with Gasteiger partial charge in [0.05, 0.1) is 0 Å². The molecule has 1 unspecified atom stereocenters. The van der Waals surface area contributed by atoms with Gasteiger partial charge in [0.1, 0.15) is 0 Å². The Hall–Kier alpha value is -0.520. The van der Waals surface area contributed by atoms with Crippen molar-refractivity contribution < 1.29 is 0 Å². The minimum Gasteiger partial charge on any atom is -0.326 e. The Balaban J connectivity index is 2.53. The molecule has 1 saturated carbocycles. The third kappa shape index (κ3) is 2.74. The van der Waals surface area contributed by atoms with Crippen LogP contribution in [0.3, 0.4) is 0 Å². The number of unbranched alkanes of at least 4 members (excludes halogenated alkanes) is 1. The van der Waals surface area contributed by atoms with Crippen LogP contribution in [0.15, 0.2) is 0 Å². The lowest BCUT2D eigenvalue weighted by Gasteiger charge is -2.41. The second kappa shape index (κ2) is 5.53. The molecule has 0 radical (unpaired) electrons. The maximum absolute atomic E-state index is 6.35. The molecule has 2 N–H and O–H groups in total. The number of likely N-dealkylation sites (N-methyl/N-ethyl adjacent to an activating group) is 1. The first-order valence-corrected chi connectivity index (χ1v) is 6.00. The zero-order valence-corrected chi connectivity index (χ0v) is 10.1. The van der Waals surface area contributed by atoms with Crippen LogP contribution in [0.2, 0.25) is 0 Å². The number of nitrogens with two attached hydrogens (primary N) is 1. The maximum Gasteiger partial charge on any atom is 0.0354 e. The van der Waals surface area contributed by atoms with Gasteiger partial charge < -0.3 is 10.6 Å². The van der Waals surface area contributed by atoms with E-state index in [0.717, 1.165) is 19.3 Å². The van der Waals surface area contributed by atoms with E-state index in [9.17, 15) is 0 Å². The summed E-state index contributed by atoms with van der Waals surface area (Å²) in [6.07, 6.45) is 13.4. The Morgan fingerprint density at radius 2 is 2.00 bits per heavy atom. The van der Waals surface area contributed by atoms with Crippen molar-refractivity contribution in [2.75, 3.05) is 14.1 Å². The lowest BCUT2D eigenvalue weighted by molar-refractivity contribution is 0.118. The summed E-state index contributed by atoms with van der Waals surface area (Å²) in [5, 5.41) is 0. The van der Waals surface area contributed by atoms with E-state index in [0.29, 0.717) is 0 Å². The van der Waals surface area contributed by atoms with Crippen LogP contribution in [0.4, 0.5) is 0 Å². The minimum atomic E-state index is 0.245. The van der Waals surface area contributed by atoms with E-state index >= 15 is 0 Å². The zero-order chi connectivity index (χ0) is 11.3. The average molecular weight is 208 g/mol. The topological polar surface area (TPSA) is 29.3 Å². The molecule has 0 aromatic heterocycles. The molecule has 0 aromatic carbocycles. The fraction of sp³-hybridized carbons (Fsp3) is 0.846. The summed E-state index contributed by atoms with van der Waals surface area (Å²) in [5.74, 6) is 2.69. The summed E-state index contributed by atoms with van der Waals surface area (Å²) in [4.78, 5) is 2.33. The van der Waals surface area contributed by atoms with E-state index in [1.54, 1.807) is 0 Å². The molecule has 1 atom stereocenters.